The molecular weight excluding hydrogens is 596 g/mol. The first-order valence-corrected chi connectivity index (χ1v) is 17.9. The third kappa shape index (κ3) is 6.97. The van der Waals surface area contributed by atoms with E-state index in [-0.39, 0.29) is 17.8 Å². The van der Waals surface area contributed by atoms with Gasteiger partial charge in [-0.2, -0.15) is 4.36 Å². The molecule has 0 spiro atoms. The Bertz CT molecular complexity index is 2000. The van der Waals surface area contributed by atoms with Gasteiger partial charge >= 0.3 is 0 Å². The van der Waals surface area contributed by atoms with Crippen molar-refractivity contribution in [3.63, 3.8) is 0 Å². The number of nitrogens with zero attached hydrogens (tertiary/aromatic N) is 4. The van der Waals surface area contributed by atoms with Crippen molar-refractivity contribution in [2.24, 2.45) is 11.4 Å². The van der Waals surface area contributed by atoms with E-state index < -0.39 is 15.1 Å². The Morgan fingerprint density at radius 1 is 0.978 bits per heavy atom. The standard InChI is InChI=1S/C37H40N4O4S/c1-26-21-29(24-41(2)35(26)42)28-18-19-32-31(22-28)34(39-36(38-32)40-46(3,4)43)37(30-15-9-6-10-16-30,23-27-13-7-5-8-14-27)25-45-33-17-11-12-20-44-33/h5-10,13-16,18-19,21-22,24,33H,11-12,17,20,23,25H2,1-4H3. The van der Waals surface area contributed by atoms with E-state index in [2.05, 4.69) is 34.7 Å². The van der Waals surface area contributed by atoms with Gasteiger partial charge in [0.25, 0.3) is 11.5 Å². The number of hydrogen-bond acceptors (Lipinski definition) is 7. The third-order valence-corrected chi connectivity index (χ3v) is 9.07. The lowest BCUT2D eigenvalue weighted by Gasteiger charge is -2.37. The van der Waals surface area contributed by atoms with Crippen molar-refractivity contribution >= 4 is 26.6 Å². The molecule has 3 heterocycles. The molecule has 0 amide bonds. The van der Waals surface area contributed by atoms with Crippen LogP contribution in [0.4, 0.5) is 5.95 Å². The summed E-state index contributed by atoms with van der Waals surface area (Å²) in [5.74, 6) is 0.172. The Kier molecular flexibility index (Phi) is 9.18. The smallest absolute Gasteiger partial charge is 0.258 e. The van der Waals surface area contributed by atoms with Gasteiger partial charge in [0.1, 0.15) is 0 Å². The van der Waals surface area contributed by atoms with E-state index in [0.717, 1.165) is 52.6 Å². The minimum absolute atomic E-state index is 0.0319. The summed E-state index contributed by atoms with van der Waals surface area (Å²) in [5, 5.41) is 0.828. The zero-order chi connectivity index (χ0) is 32.3. The fourth-order valence-corrected chi connectivity index (χ4v) is 6.71. The first-order chi connectivity index (χ1) is 22.1. The number of aryl methyl sites for hydroxylation is 2. The van der Waals surface area contributed by atoms with Crippen LogP contribution in [0, 0.1) is 6.92 Å². The molecule has 0 radical (unpaired) electrons. The Morgan fingerprint density at radius 3 is 2.39 bits per heavy atom. The lowest BCUT2D eigenvalue weighted by molar-refractivity contribution is -0.169. The molecule has 2 atom stereocenters. The largest absolute Gasteiger partial charge is 0.353 e. The van der Waals surface area contributed by atoms with Crippen LogP contribution in [0.15, 0.2) is 100 Å². The molecule has 3 aromatic carbocycles. The van der Waals surface area contributed by atoms with E-state index in [1.54, 1.807) is 24.1 Å². The Balaban J connectivity index is 1.66. The zero-order valence-corrected chi connectivity index (χ0v) is 27.6. The molecule has 0 N–H and O–H groups in total. The van der Waals surface area contributed by atoms with Gasteiger partial charge in [-0.15, -0.1) is 0 Å². The minimum atomic E-state index is -2.56. The number of ether oxygens (including phenoxy) is 2. The second-order valence-electron chi connectivity index (χ2n) is 12.4. The summed E-state index contributed by atoms with van der Waals surface area (Å²) in [5.41, 5.74) is 5.22. The molecule has 5 aromatic rings. The summed E-state index contributed by atoms with van der Waals surface area (Å²) in [4.78, 5) is 22.5. The Hall–Kier alpha value is -4.18. The number of aromatic nitrogens is 3. The van der Waals surface area contributed by atoms with Crippen molar-refractivity contribution in [1.82, 2.24) is 14.5 Å². The number of pyridine rings is 1. The van der Waals surface area contributed by atoms with Gasteiger partial charge in [-0.25, -0.2) is 14.2 Å². The maximum atomic E-state index is 13.0. The molecule has 2 aromatic heterocycles. The van der Waals surface area contributed by atoms with Gasteiger partial charge in [-0.3, -0.25) is 4.79 Å². The van der Waals surface area contributed by atoms with Crippen LogP contribution in [-0.2, 0) is 38.1 Å². The summed E-state index contributed by atoms with van der Waals surface area (Å²) in [6.07, 6.45) is 8.17. The van der Waals surface area contributed by atoms with Crippen LogP contribution >= 0.6 is 0 Å². The second kappa shape index (κ2) is 13.3. The highest BCUT2D eigenvalue weighted by Crippen LogP contribution is 2.41. The number of rotatable bonds is 9. The summed E-state index contributed by atoms with van der Waals surface area (Å²) >= 11 is 0. The number of benzene rings is 3. The van der Waals surface area contributed by atoms with Gasteiger partial charge in [-0.1, -0.05) is 66.7 Å². The van der Waals surface area contributed by atoms with Crippen LogP contribution in [0.5, 0.6) is 0 Å². The summed E-state index contributed by atoms with van der Waals surface area (Å²) in [6, 6.07) is 28.6. The molecule has 0 aliphatic carbocycles. The van der Waals surface area contributed by atoms with E-state index in [9.17, 15) is 9.00 Å². The molecule has 0 bridgehead atoms. The van der Waals surface area contributed by atoms with Crippen molar-refractivity contribution in [3.05, 3.63) is 124 Å². The summed E-state index contributed by atoms with van der Waals surface area (Å²) in [6.45, 7) is 2.79. The maximum absolute atomic E-state index is 13.0. The molecule has 8 nitrogen and oxygen atoms in total. The molecule has 0 saturated carbocycles. The van der Waals surface area contributed by atoms with Crippen molar-refractivity contribution in [2.75, 3.05) is 25.7 Å². The normalized spacial score (nSPS) is 16.7. The quantitative estimate of drug-likeness (QED) is 0.178. The number of hydrogen-bond donors (Lipinski definition) is 0. The Labute approximate surface area is 270 Å². The average molecular weight is 637 g/mol. The molecule has 9 heteroatoms. The molecule has 1 fully saturated rings. The second-order valence-corrected chi connectivity index (χ2v) is 15.0. The monoisotopic (exact) mass is 636 g/mol. The van der Waals surface area contributed by atoms with Gasteiger partial charge < -0.3 is 14.0 Å². The molecule has 2 unspecified atom stereocenters. The predicted octanol–water partition coefficient (Wildman–Crippen LogP) is 6.74. The lowest BCUT2D eigenvalue weighted by Crippen LogP contribution is -2.39. The Morgan fingerprint density at radius 2 is 1.72 bits per heavy atom. The van der Waals surface area contributed by atoms with Crippen LogP contribution in [-0.4, -0.2) is 50.8 Å². The molecule has 1 aliphatic heterocycles. The minimum Gasteiger partial charge on any atom is -0.353 e. The summed E-state index contributed by atoms with van der Waals surface area (Å²) < 4.78 is 31.8. The fraction of sp³-hybridized carbons (Fsp3) is 0.324. The first-order valence-electron chi connectivity index (χ1n) is 15.6. The fourth-order valence-electron chi connectivity index (χ4n) is 6.24. The van der Waals surface area contributed by atoms with Gasteiger partial charge in [0, 0.05) is 53.0 Å². The van der Waals surface area contributed by atoms with Crippen molar-refractivity contribution in [2.45, 2.75) is 44.3 Å². The predicted molar refractivity (Wildman–Crippen MR) is 184 cm³/mol. The first kappa shape index (κ1) is 31.8. The number of fused-ring (bicyclic) bond motifs is 1. The van der Waals surface area contributed by atoms with E-state index in [0.29, 0.717) is 30.7 Å². The topological polar surface area (TPSA) is 95.7 Å². The van der Waals surface area contributed by atoms with Crippen molar-refractivity contribution in [1.29, 1.82) is 0 Å². The molecule has 46 heavy (non-hydrogen) atoms. The van der Waals surface area contributed by atoms with E-state index in [1.165, 1.54) is 0 Å². The van der Waals surface area contributed by atoms with Crippen LogP contribution in [0.1, 0.15) is 41.6 Å². The lowest BCUT2D eigenvalue weighted by atomic mass is 9.72. The van der Waals surface area contributed by atoms with E-state index >= 15 is 0 Å². The van der Waals surface area contributed by atoms with Crippen LogP contribution < -0.4 is 5.56 Å². The van der Waals surface area contributed by atoms with E-state index in [4.69, 9.17) is 19.4 Å². The molecule has 6 rings (SSSR count). The van der Waals surface area contributed by atoms with Crippen molar-refractivity contribution < 1.29 is 13.7 Å². The molecular formula is C37H40N4O4S. The van der Waals surface area contributed by atoms with Gasteiger partial charge in [-0.05, 0) is 73.1 Å². The van der Waals surface area contributed by atoms with Gasteiger partial charge in [0.05, 0.1) is 23.2 Å². The SMILES string of the molecule is Cc1cc(-c2ccc3nc(N=S(C)(C)=O)nc(C(COC4CCCCO4)(Cc4ccccc4)c4ccccc4)c3c2)cn(C)c1=O. The molecule has 238 valence electrons. The highest BCUT2D eigenvalue weighted by Gasteiger charge is 2.40. The van der Waals surface area contributed by atoms with Gasteiger partial charge in [0.2, 0.25) is 0 Å². The summed E-state index contributed by atoms with van der Waals surface area (Å²) in [7, 11) is -0.795. The van der Waals surface area contributed by atoms with Crippen molar-refractivity contribution in [3.8, 4) is 11.1 Å². The van der Waals surface area contributed by atoms with Crippen LogP contribution in [0.25, 0.3) is 22.0 Å². The third-order valence-electron chi connectivity index (χ3n) is 8.46. The van der Waals surface area contributed by atoms with Crippen LogP contribution in [0.3, 0.4) is 0 Å². The molecule has 1 saturated heterocycles. The highest BCUT2D eigenvalue weighted by molar-refractivity contribution is 7.92. The highest BCUT2D eigenvalue weighted by atomic mass is 32.2. The van der Waals surface area contributed by atoms with E-state index in [1.807, 2.05) is 67.7 Å². The van der Waals surface area contributed by atoms with Crippen LogP contribution in [0.2, 0.25) is 0 Å². The molecule has 1 aliphatic rings. The zero-order valence-electron chi connectivity index (χ0n) is 26.8. The maximum Gasteiger partial charge on any atom is 0.258 e. The average Bonchev–Trinajstić information content (AvgIpc) is 3.05. The van der Waals surface area contributed by atoms with Gasteiger partial charge in [0.15, 0.2) is 6.29 Å².